The Hall–Kier alpha value is -3.50. The lowest BCUT2D eigenvalue weighted by Crippen LogP contribution is -2.14. The second-order valence-electron chi connectivity index (χ2n) is 6.62. The van der Waals surface area contributed by atoms with Crippen molar-refractivity contribution in [1.29, 1.82) is 5.26 Å². The molecule has 29 heavy (non-hydrogen) atoms. The zero-order valence-electron chi connectivity index (χ0n) is 15.7. The minimum atomic E-state index is -0.0688. The first kappa shape index (κ1) is 18.8. The zero-order valence-corrected chi connectivity index (χ0v) is 16.5. The maximum atomic E-state index is 12.4. The Labute approximate surface area is 172 Å². The largest absolute Gasteiger partial charge is 0.326 e. The average Bonchev–Trinajstić information content (AvgIpc) is 3.37. The molecule has 3 aromatic heterocycles. The van der Waals surface area contributed by atoms with Crippen LogP contribution < -0.4 is 5.32 Å². The number of aryl methyl sites for hydroxylation is 1. The number of pyridine rings is 1. The molecule has 0 radical (unpaired) electrons. The van der Waals surface area contributed by atoms with Crippen molar-refractivity contribution in [2.75, 3.05) is 5.32 Å². The molecule has 1 N–H and O–H groups in total. The second kappa shape index (κ2) is 8.67. The van der Waals surface area contributed by atoms with Crippen molar-refractivity contribution in [3.05, 3.63) is 76.4 Å². The molecule has 1 aromatic carbocycles. The third-order valence-corrected chi connectivity index (χ3v) is 5.43. The number of imidazole rings is 1. The number of hydrogen-bond acceptors (Lipinski definition) is 5. The molecule has 3 heterocycles. The predicted octanol–water partition coefficient (Wildman–Crippen LogP) is 4.18. The highest BCUT2D eigenvalue weighted by molar-refractivity contribution is 7.09. The summed E-state index contributed by atoms with van der Waals surface area (Å²) in [5.74, 6) is 0.785. The molecule has 0 atom stereocenters. The lowest BCUT2D eigenvalue weighted by Gasteiger charge is -2.08. The Morgan fingerprint density at radius 3 is 2.79 bits per heavy atom. The van der Waals surface area contributed by atoms with Crippen LogP contribution in [0.2, 0.25) is 0 Å². The van der Waals surface area contributed by atoms with E-state index >= 15 is 0 Å². The Morgan fingerprint density at radius 1 is 1.17 bits per heavy atom. The third kappa shape index (κ3) is 4.50. The number of rotatable bonds is 7. The van der Waals surface area contributed by atoms with Crippen LogP contribution in [0.1, 0.15) is 22.7 Å². The van der Waals surface area contributed by atoms with E-state index in [2.05, 4.69) is 32.4 Å². The molecule has 0 saturated carbocycles. The van der Waals surface area contributed by atoms with Crippen molar-refractivity contribution in [3.8, 4) is 6.07 Å². The highest BCUT2D eigenvalue weighted by Gasteiger charge is 2.14. The van der Waals surface area contributed by atoms with Crippen molar-refractivity contribution in [2.24, 2.45) is 0 Å². The van der Waals surface area contributed by atoms with Gasteiger partial charge in [0.1, 0.15) is 11.3 Å². The van der Waals surface area contributed by atoms with Gasteiger partial charge in [0.2, 0.25) is 5.91 Å². The van der Waals surface area contributed by atoms with Crippen LogP contribution >= 0.6 is 11.3 Å². The Balaban J connectivity index is 1.46. The number of benzene rings is 1. The SMILES string of the molecule is N#CCc1ccc(NC(=O)CCc2nc3cccnc3n2Cc2cccs2)cc1. The molecular weight excluding hydrogens is 382 g/mol. The number of carbonyl (C=O) groups is 1. The summed E-state index contributed by atoms with van der Waals surface area (Å²) in [5.41, 5.74) is 3.34. The topological polar surface area (TPSA) is 83.6 Å². The van der Waals surface area contributed by atoms with Gasteiger partial charge in [-0.1, -0.05) is 18.2 Å². The molecule has 0 bridgehead atoms. The summed E-state index contributed by atoms with van der Waals surface area (Å²) >= 11 is 1.69. The Morgan fingerprint density at radius 2 is 2.03 bits per heavy atom. The quantitative estimate of drug-likeness (QED) is 0.504. The van der Waals surface area contributed by atoms with Crippen LogP contribution in [0.25, 0.3) is 11.2 Å². The van der Waals surface area contributed by atoms with Crippen LogP contribution in [-0.4, -0.2) is 20.4 Å². The van der Waals surface area contributed by atoms with Crippen LogP contribution in [0.15, 0.2) is 60.1 Å². The van der Waals surface area contributed by atoms with Crippen molar-refractivity contribution >= 4 is 34.1 Å². The molecule has 0 fully saturated rings. The number of hydrogen-bond donors (Lipinski definition) is 1. The molecular formula is C22H19N5OS. The van der Waals surface area contributed by atoms with Crippen molar-refractivity contribution in [2.45, 2.75) is 25.8 Å². The predicted molar refractivity (Wildman–Crippen MR) is 114 cm³/mol. The molecule has 0 spiro atoms. The molecule has 4 aromatic rings. The number of aromatic nitrogens is 3. The summed E-state index contributed by atoms with van der Waals surface area (Å²) in [7, 11) is 0. The minimum absolute atomic E-state index is 0.0688. The minimum Gasteiger partial charge on any atom is -0.326 e. The van der Waals surface area contributed by atoms with Crippen LogP contribution in [0.3, 0.4) is 0 Å². The molecule has 7 heteroatoms. The normalized spacial score (nSPS) is 10.7. The maximum Gasteiger partial charge on any atom is 0.224 e. The number of amides is 1. The van der Waals surface area contributed by atoms with Gasteiger partial charge in [0.05, 0.1) is 19.0 Å². The molecule has 4 rings (SSSR count). The van der Waals surface area contributed by atoms with Gasteiger partial charge in [0.25, 0.3) is 0 Å². The number of nitriles is 1. The summed E-state index contributed by atoms with van der Waals surface area (Å²) in [6, 6.07) is 17.4. The van der Waals surface area contributed by atoms with Crippen molar-refractivity contribution in [1.82, 2.24) is 14.5 Å². The molecule has 1 amide bonds. The van der Waals surface area contributed by atoms with E-state index in [9.17, 15) is 4.79 Å². The van der Waals surface area contributed by atoms with E-state index in [0.717, 1.165) is 28.2 Å². The lowest BCUT2D eigenvalue weighted by atomic mass is 10.1. The molecule has 0 aliphatic heterocycles. The molecule has 0 unspecified atom stereocenters. The van der Waals surface area contributed by atoms with E-state index in [-0.39, 0.29) is 5.91 Å². The third-order valence-electron chi connectivity index (χ3n) is 4.57. The highest BCUT2D eigenvalue weighted by Crippen LogP contribution is 2.19. The van der Waals surface area contributed by atoms with Gasteiger partial charge in [0.15, 0.2) is 5.65 Å². The average molecular weight is 401 g/mol. The van der Waals surface area contributed by atoms with E-state index in [1.54, 1.807) is 17.5 Å². The maximum absolute atomic E-state index is 12.4. The first-order valence-corrected chi connectivity index (χ1v) is 10.2. The fourth-order valence-corrected chi connectivity index (χ4v) is 3.86. The summed E-state index contributed by atoms with van der Waals surface area (Å²) in [4.78, 5) is 22.8. The summed E-state index contributed by atoms with van der Waals surface area (Å²) < 4.78 is 2.09. The van der Waals surface area contributed by atoms with Crippen LogP contribution in [-0.2, 0) is 24.2 Å². The molecule has 0 aliphatic rings. The van der Waals surface area contributed by atoms with Crippen LogP contribution in [0, 0.1) is 11.3 Å². The summed E-state index contributed by atoms with van der Waals surface area (Å²) in [6.07, 6.45) is 2.98. The van der Waals surface area contributed by atoms with Gasteiger partial charge in [-0.25, -0.2) is 9.97 Å². The number of thiophene rings is 1. The van der Waals surface area contributed by atoms with E-state index < -0.39 is 0 Å². The van der Waals surface area contributed by atoms with Crippen LogP contribution in [0.4, 0.5) is 5.69 Å². The lowest BCUT2D eigenvalue weighted by molar-refractivity contribution is -0.116. The first-order chi connectivity index (χ1) is 14.2. The van der Waals surface area contributed by atoms with E-state index in [0.29, 0.717) is 25.8 Å². The summed E-state index contributed by atoms with van der Waals surface area (Å²) in [6.45, 7) is 0.697. The van der Waals surface area contributed by atoms with Gasteiger partial charge < -0.3 is 9.88 Å². The monoisotopic (exact) mass is 401 g/mol. The van der Waals surface area contributed by atoms with Crippen molar-refractivity contribution in [3.63, 3.8) is 0 Å². The van der Waals surface area contributed by atoms with Gasteiger partial charge in [-0.2, -0.15) is 5.26 Å². The summed E-state index contributed by atoms with van der Waals surface area (Å²) in [5, 5.41) is 13.7. The Kier molecular flexibility index (Phi) is 5.63. The van der Waals surface area contributed by atoms with Gasteiger partial charge in [-0.05, 0) is 41.3 Å². The van der Waals surface area contributed by atoms with Gasteiger partial charge >= 0.3 is 0 Å². The fourth-order valence-electron chi connectivity index (χ4n) is 3.17. The smallest absolute Gasteiger partial charge is 0.224 e. The van der Waals surface area contributed by atoms with E-state index in [1.807, 2.05) is 42.5 Å². The fraction of sp³-hybridized carbons (Fsp3) is 0.182. The van der Waals surface area contributed by atoms with Crippen LogP contribution in [0.5, 0.6) is 0 Å². The zero-order chi connectivity index (χ0) is 20.1. The second-order valence-corrected chi connectivity index (χ2v) is 7.65. The number of anilines is 1. The first-order valence-electron chi connectivity index (χ1n) is 9.31. The van der Waals surface area contributed by atoms with Crippen molar-refractivity contribution < 1.29 is 4.79 Å². The number of nitrogens with zero attached hydrogens (tertiary/aromatic N) is 4. The molecule has 0 saturated heterocycles. The highest BCUT2D eigenvalue weighted by atomic mass is 32.1. The number of fused-ring (bicyclic) bond motifs is 1. The number of nitrogens with one attached hydrogen (secondary N) is 1. The molecule has 6 nitrogen and oxygen atoms in total. The van der Waals surface area contributed by atoms with E-state index in [4.69, 9.17) is 10.2 Å². The standard InChI is InChI=1S/C22H19N5OS/c23-12-11-16-5-7-17(8-6-16)25-21(28)10-9-20-26-19-4-1-13-24-22(19)27(20)15-18-3-2-14-29-18/h1-8,13-14H,9-11,15H2,(H,25,28). The number of carbonyl (C=O) groups excluding carboxylic acids is 1. The Bertz CT molecular complexity index is 1160. The van der Waals surface area contributed by atoms with E-state index in [1.165, 1.54) is 4.88 Å². The van der Waals surface area contributed by atoms with Gasteiger partial charge in [0, 0.05) is 29.6 Å². The molecule has 144 valence electrons. The van der Waals surface area contributed by atoms with Gasteiger partial charge in [-0.3, -0.25) is 4.79 Å². The van der Waals surface area contributed by atoms with Gasteiger partial charge in [-0.15, -0.1) is 11.3 Å². The molecule has 0 aliphatic carbocycles.